The lowest BCUT2D eigenvalue weighted by Crippen LogP contribution is -2.42. The molecular formula is C25H25N3O4S. The van der Waals surface area contributed by atoms with Crippen molar-refractivity contribution in [1.29, 1.82) is 0 Å². The summed E-state index contributed by atoms with van der Waals surface area (Å²) in [5.74, 6) is -0.537. The second-order valence-corrected chi connectivity index (χ2v) is 8.11. The van der Waals surface area contributed by atoms with E-state index in [2.05, 4.69) is 15.6 Å². The van der Waals surface area contributed by atoms with Crippen LogP contribution in [0, 0.1) is 0 Å². The molecule has 2 amide bonds. The van der Waals surface area contributed by atoms with Crippen LogP contribution in [-0.4, -0.2) is 47.9 Å². The number of amides is 2. The number of benzene rings is 2. The molecule has 1 atom stereocenters. The standard InChI is InChI=1S/C25H25N3O4S/c1-32-25(31)22(13-15-33-2)28-23(29)19-12-11-18(16-20(19)17-8-4-3-5-9-17)27-24(30)21-10-6-7-14-26-21/h3-12,14,16,22H,13,15H2,1-2H3,(H,27,30)(H,28,29)/t22-/m0/s1. The van der Waals surface area contributed by atoms with Crippen molar-refractivity contribution in [3.8, 4) is 11.1 Å². The van der Waals surface area contributed by atoms with Gasteiger partial charge in [0.25, 0.3) is 11.8 Å². The lowest BCUT2D eigenvalue weighted by atomic mass is 9.98. The van der Waals surface area contributed by atoms with Gasteiger partial charge in [-0.25, -0.2) is 4.79 Å². The van der Waals surface area contributed by atoms with Crippen LogP contribution in [0.1, 0.15) is 27.3 Å². The molecule has 33 heavy (non-hydrogen) atoms. The van der Waals surface area contributed by atoms with E-state index in [1.807, 2.05) is 36.6 Å². The normalized spacial score (nSPS) is 11.3. The first-order valence-electron chi connectivity index (χ1n) is 10.3. The topological polar surface area (TPSA) is 97.4 Å². The quantitative estimate of drug-likeness (QED) is 0.465. The number of carbonyl (C=O) groups is 3. The lowest BCUT2D eigenvalue weighted by molar-refractivity contribution is -0.142. The summed E-state index contributed by atoms with van der Waals surface area (Å²) >= 11 is 1.58. The highest BCUT2D eigenvalue weighted by Crippen LogP contribution is 2.27. The molecule has 3 rings (SSSR count). The van der Waals surface area contributed by atoms with Crippen molar-refractivity contribution in [2.24, 2.45) is 0 Å². The fourth-order valence-corrected chi connectivity index (χ4v) is 3.70. The van der Waals surface area contributed by atoms with Crippen LogP contribution >= 0.6 is 11.8 Å². The van der Waals surface area contributed by atoms with Crippen LogP contribution in [-0.2, 0) is 9.53 Å². The highest BCUT2D eigenvalue weighted by Gasteiger charge is 2.23. The number of rotatable bonds is 9. The smallest absolute Gasteiger partial charge is 0.328 e. The number of methoxy groups -OCH3 is 1. The Labute approximate surface area is 197 Å². The Balaban J connectivity index is 1.91. The number of aromatic nitrogens is 1. The van der Waals surface area contributed by atoms with E-state index in [1.165, 1.54) is 7.11 Å². The van der Waals surface area contributed by atoms with Crippen LogP contribution < -0.4 is 10.6 Å². The first-order chi connectivity index (χ1) is 16.0. The SMILES string of the molecule is COC(=O)[C@H](CCSC)NC(=O)c1ccc(NC(=O)c2ccccn2)cc1-c1ccccc1. The van der Waals surface area contributed by atoms with Crippen LogP contribution in [0.2, 0.25) is 0 Å². The van der Waals surface area contributed by atoms with E-state index in [-0.39, 0.29) is 11.6 Å². The van der Waals surface area contributed by atoms with Gasteiger partial charge in [-0.2, -0.15) is 11.8 Å². The van der Waals surface area contributed by atoms with Crippen molar-refractivity contribution >= 4 is 35.2 Å². The van der Waals surface area contributed by atoms with E-state index >= 15 is 0 Å². The minimum atomic E-state index is -0.748. The Morgan fingerprint density at radius 3 is 2.42 bits per heavy atom. The second kappa shape index (κ2) is 11.8. The van der Waals surface area contributed by atoms with E-state index in [9.17, 15) is 14.4 Å². The zero-order valence-electron chi connectivity index (χ0n) is 18.4. The number of carbonyl (C=O) groups excluding carboxylic acids is 3. The molecule has 2 N–H and O–H groups in total. The van der Waals surface area contributed by atoms with Gasteiger partial charge in [-0.3, -0.25) is 14.6 Å². The van der Waals surface area contributed by atoms with Gasteiger partial charge < -0.3 is 15.4 Å². The number of pyridine rings is 1. The van der Waals surface area contributed by atoms with Gasteiger partial charge in [-0.15, -0.1) is 0 Å². The monoisotopic (exact) mass is 463 g/mol. The second-order valence-electron chi connectivity index (χ2n) is 7.13. The Kier molecular flexibility index (Phi) is 8.60. The number of ether oxygens (including phenoxy) is 1. The van der Waals surface area contributed by atoms with Gasteiger partial charge in [0, 0.05) is 17.4 Å². The maximum atomic E-state index is 13.2. The summed E-state index contributed by atoms with van der Waals surface area (Å²) in [5, 5.41) is 5.61. The number of anilines is 1. The Morgan fingerprint density at radius 2 is 1.76 bits per heavy atom. The molecule has 7 nitrogen and oxygen atoms in total. The van der Waals surface area contributed by atoms with Crippen LogP contribution in [0.3, 0.4) is 0 Å². The van der Waals surface area contributed by atoms with Gasteiger partial charge in [0.05, 0.1) is 7.11 Å². The molecule has 3 aromatic rings. The van der Waals surface area contributed by atoms with Crippen LogP contribution in [0.4, 0.5) is 5.69 Å². The molecule has 2 aromatic carbocycles. The summed E-state index contributed by atoms with van der Waals surface area (Å²) < 4.78 is 4.85. The minimum absolute atomic E-state index is 0.287. The zero-order valence-corrected chi connectivity index (χ0v) is 19.2. The van der Waals surface area contributed by atoms with Crippen molar-refractivity contribution in [2.75, 3.05) is 24.4 Å². The molecule has 1 aromatic heterocycles. The van der Waals surface area contributed by atoms with Crippen molar-refractivity contribution < 1.29 is 19.1 Å². The van der Waals surface area contributed by atoms with Crippen LogP contribution in [0.5, 0.6) is 0 Å². The van der Waals surface area contributed by atoms with Gasteiger partial charge in [0.2, 0.25) is 0 Å². The Morgan fingerprint density at radius 1 is 1.00 bits per heavy atom. The third-order valence-electron chi connectivity index (χ3n) is 4.91. The zero-order chi connectivity index (χ0) is 23.6. The third-order valence-corrected chi connectivity index (χ3v) is 5.55. The van der Waals surface area contributed by atoms with E-state index < -0.39 is 17.9 Å². The summed E-state index contributed by atoms with van der Waals surface area (Å²) in [7, 11) is 1.30. The van der Waals surface area contributed by atoms with Gasteiger partial charge >= 0.3 is 5.97 Å². The van der Waals surface area contributed by atoms with Crippen molar-refractivity contribution in [2.45, 2.75) is 12.5 Å². The number of hydrogen-bond donors (Lipinski definition) is 2. The molecule has 0 fully saturated rings. The van der Waals surface area contributed by atoms with Crippen LogP contribution in [0.15, 0.2) is 72.9 Å². The molecule has 170 valence electrons. The van der Waals surface area contributed by atoms with Gasteiger partial charge in [-0.05, 0) is 59.9 Å². The number of hydrogen-bond acceptors (Lipinski definition) is 6. The molecule has 0 saturated carbocycles. The number of nitrogens with zero attached hydrogens (tertiary/aromatic N) is 1. The van der Waals surface area contributed by atoms with Crippen molar-refractivity contribution in [3.63, 3.8) is 0 Å². The van der Waals surface area contributed by atoms with Crippen LogP contribution in [0.25, 0.3) is 11.1 Å². The molecule has 0 aliphatic carbocycles. The first kappa shape index (κ1) is 24.0. The molecular weight excluding hydrogens is 438 g/mol. The van der Waals surface area contributed by atoms with Gasteiger partial charge in [0.15, 0.2) is 0 Å². The molecule has 0 aliphatic heterocycles. The van der Waals surface area contributed by atoms with Crippen molar-refractivity contribution in [3.05, 3.63) is 84.2 Å². The maximum absolute atomic E-state index is 13.2. The predicted octanol–water partition coefficient (Wildman–Crippen LogP) is 4.03. The summed E-state index contributed by atoms with van der Waals surface area (Å²) in [6.45, 7) is 0. The van der Waals surface area contributed by atoms with E-state index in [0.717, 1.165) is 5.56 Å². The molecule has 0 bridgehead atoms. The molecule has 0 spiro atoms. The maximum Gasteiger partial charge on any atom is 0.328 e. The molecule has 8 heteroatoms. The summed E-state index contributed by atoms with van der Waals surface area (Å²) in [6.07, 6.45) is 3.94. The van der Waals surface area contributed by atoms with Gasteiger partial charge in [0.1, 0.15) is 11.7 Å². The molecule has 0 aliphatic rings. The summed E-state index contributed by atoms with van der Waals surface area (Å²) in [5.41, 5.74) is 2.62. The number of esters is 1. The molecule has 0 unspecified atom stereocenters. The largest absolute Gasteiger partial charge is 0.467 e. The highest BCUT2D eigenvalue weighted by molar-refractivity contribution is 7.98. The number of nitrogens with one attached hydrogen (secondary N) is 2. The van der Waals surface area contributed by atoms with Crippen molar-refractivity contribution in [1.82, 2.24) is 10.3 Å². The molecule has 0 radical (unpaired) electrons. The Bertz CT molecular complexity index is 1110. The first-order valence-corrected chi connectivity index (χ1v) is 11.7. The van der Waals surface area contributed by atoms with E-state index in [4.69, 9.17) is 4.74 Å². The molecule has 0 saturated heterocycles. The summed E-state index contributed by atoms with van der Waals surface area (Å²) in [4.78, 5) is 41.9. The average molecular weight is 464 g/mol. The fraction of sp³-hybridized carbons (Fsp3) is 0.200. The van der Waals surface area contributed by atoms with E-state index in [1.54, 1.807) is 54.4 Å². The average Bonchev–Trinajstić information content (AvgIpc) is 2.86. The van der Waals surface area contributed by atoms with Gasteiger partial charge in [-0.1, -0.05) is 36.4 Å². The third kappa shape index (κ3) is 6.43. The van der Waals surface area contributed by atoms with E-state index in [0.29, 0.717) is 29.0 Å². The lowest BCUT2D eigenvalue weighted by Gasteiger charge is -2.18. The minimum Gasteiger partial charge on any atom is -0.467 e. The molecule has 1 heterocycles. The highest BCUT2D eigenvalue weighted by atomic mass is 32.2. The number of thioether (sulfide) groups is 1. The Hall–Kier alpha value is -3.65. The fourth-order valence-electron chi connectivity index (χ4n) is 3.23. The summed E-state index contributed by atoms with van der Waals surface area (Å²) in [6, 6.07) is 18.7. The predicted molar refractivity (Wildman–Crippen MR) is 130 cm³/mol.